The van der Waals surface area contributed by atoms with Gasteiger partial charge in [0.2, 0.25) is 0 Å². The number of hydrogen-bond acceptors (Lipinski definition) is 4. The number of amides is 1. The molecule has 3 aromatic rings. The number of carbonyl (C=O) groups is 1. The zero-order valence-corrected chi connectivity index (χ0v) is 15.3. The van der Waals surface area contributed by atoms with E-state index < -0.39 is 5.91 Å². The quantitative estimate of drug-likeness (QED) is 0.559. The summed E-state index contributed by atoms with van der Waals surface area (Å²) in [5.74, 6) is -0.450. The highest BCUT2D eigenvalue weighted by molar-refractivity contribution is 6.06. The molecule has 0 aliphatic heterocycles. The fraction of sp³-hybridized carbons (Fsp3) is 0.263. The molecular formula is C19H21N5O2. The van der Waals surface area contributed by atoms with Crippen molar-refractivity contribution in [2.24, 2.45) is 5.10 Å². The van der Waals surface area contributed by atoms with E-state index in [9.17, 15) is 9.59 Å². The summed E-state index contributed by atoms with van der Waals surface area (Å²) in [5, 5.41) is 9.41. The molecule has 0 fully saturated rings. The second-order valence-corrected chi connectivity index (χ2v) is 6.12. The van der Waals surface area contributed by atoms with Gasteiger partial charge < -0.3 is 4.98 Å². The molecule has 0 saturated carbocycles. The Labute approximate surface area is 150 Å². The summed E-state index contributed by atoms with van der Waals surface area (Å²) in [6, 6.07) is 6.96. The second kappa shape index (κ2) is 6.95. The van der Waals surface area contributed by atoms with E-state index in [4.69, 9.17) is 0 Å². The van der Waals surface area contributed by atoms with Crippen LogP contribution in [0.1, 0.15) is 41.2 Å². The van der Waals surface area contributed by atoms with E-state index in [1.54, 1.807) is 24.3 Å². The molecule has 0 spiro atoms. The van der Waals surface area contributed by atoms with Crippen LogP contribution in [-0.2, 0) is 6.54 Å². The van der Waals surface area contributed by atoms with Gasteiger partial charge in [0.1, 0.15) is 0 Å². The topological polar surface area (TPSA) is 92.1 Å². The van der Waals surface area contributed by atoms with E-state index in [1.807, 2.05) is 33.9 Å². The van der Waals surface area contributed by atoms with Gasteiger partial charge in [-0.05, 0) is 39.3 Å². The van der Waals surface area contributed by atoms with Crippen LogP contribution >= 0.6 is 0 Å². The van der Waals surface area contributed by atoms with Crippen molar-refractivity contribution < 1.29 is 4.79 Å². The molecule has 7 nitrogen and oxygen atoms in total. The number of rotatable bonds is 4. The number of hydrazone groups is 1. The molecule has 3 rings (SSSR count). The van der Waals surface area contributed by atoms with Gasteiger partial charge in [0.05, 0.1) is 11.1 Å². The van der Waals surface area contributed by atoms with Crippen molar-refractivity contribution in [1.29, 1.82) is 0 Å². The first-order valence-corrected chi connectivity index (χ1v) is 8.43. The lowest BCUT2D eigenvalue weighted by Gasteiger charge is -2.09. The summed E-state index contributed by atoms with van der Waals surface area (Å²) < 4.78 is 1.29. The van der Waals surface area contributed by atoms with Gasteiger partial charge in [0.25, 0.3) is 11.5 Å². The van der Waals surface area contributed by atoms with Gasteiger partial charge in [-0.1, -0.05) is 18.2 Å². The average molecular weight is 351 g/mol. The number of H-pyrrole nitrogens is 1. The molecule has 2 heterocycles. The molecule has 134 valence electrons. The van der Waals surface area contributed by atoms with Crippen LogP contribution in [0.25, 0.3) is 10.8 Å². The summed E-state index contributed by atoms with van der Waals surface area (Å²) in [6.07, 6.45) is 1.90. The van der Waals surface area contributed by atoms with Crippen LogP contribution in [0, 0.1) is 13.8 Å². The Kier molecular flexibility index (Phi) is 4.71. The van der Waals surface area contributed by atoms with Crippen molar-refractivity contribution in [1.82, 2.24) is 20.2 Å². The van der Waals surface area contributed by atoms with Gasteiger partial charge >= 0.3 is 0 Å². The number of nitrogens with zero attached hydrogens (tertiary/aromatic N) is 3. The van der Waals surface area contributed by atoms with Crippen molar-refractivity contribution in [3.8, 4) is 0 Å². The van der Waals surface area contributed by atoms with Gasteiger partial charge in [-0.15, -0.1) is 0 Å². The number of aryl methyl sites for hydroxylation is 3. The summed E-state index contributed by atoms with van der Waals surface area (Å²) in [4.78, 5) is 28.2. The van der Waals surface area contributed by atoms with Gasteiger partial charge in [0, 0.05) is 29.4 Å². The SMILES string of the molecule is CCn1nc(C(=O)N/N=C(\C)c2c(C)c[nH]c2C)c2ccccc2c1=O. The summed E-state index contributed by atoms with van der Waals surface area (Å²) in [7, 11) is 0. The average Bonchev–Trinajstić information content (AvgIpc) is 2.98. The first kappa shape index (κ1) is 17.6. The molecular weight excluding hydrogens is 330 g/mol. The van der Waals surface area contributed by atoms with E-state index in [0.29, 0.717) is 23.0 Å². The number of aromatic amines is 1. The predicted octanol–water partition coefficient (Wildman–Crippen LogP) is 2.52. The van der Waals surface area contributed by atoms with Gasteiger partial charge in [-0.2, -0.15) is 10.2 Å². The maximum atomic E-state index is 12.7. The van der Waals surface area contributed by atoms with Crippen LogP contribution in [0.15, 0.2) is 40.4 Å². The van der Waals surface area contributed by atoms with E-state index in [-0.39, 0.29) is 11.3 Å². The zero-order chi connectivity index (χ0) is 18.8. The molecule has 0 bridgehead atoms. The van der Waals surface area contributed by atoms with Crippen LogP contribution in [0.5, 0.6) is 0 Å². The molecule has 0 radical (unpaired) electrons. The Bertz CT molecular complexity index is 1060. The molecule has 2 N–H and O–H groups in total. The monoisotopic (exact) mass is 351 g/mol. The van der Waals surface area contributed by atoms with Gasteiger partial charge in [-0.3, -0.25) is 9.59 Å². The third-order valence-corrected chi connectivity index (χ3v) is 4.34. The number of carbonyl (C=O) groups excluding carboxylic acids is 1. The van der Waals surface area contributed by atoms with Crippen LogP contribution < -0.4 is 11.0 Å². The molecule has 0 aliphatic carbocycles. The Morgan fingerprint density at radius 3 is 2.58 bits per heavy atom. The summed E-state index contributed by atoms with van der Waals surface area (Å²) >= 11 is 0. The van der Waals surface area contributed by atoms with E-state index in [2.05, 4.69) is 20.6 Å². The van der Waals surface area contributed by atoms with Crippen molar-refractivity contribution in [3.63, 3.8) is 0 Å². The lowest BCUT2D eigenvalue weighted by Crippen LogP contribution is -2.29. The first-order chi connectivity index (χ1) is 12.4. The molecule has 2 aromatic heterocycles. The fourth-order valence-corrected chi connectivity index (χ4v) is 3.07. The molecule has 26 heavy (non-hydrogen) atoms. The maximum Gasteiger partial charge on any atom is 0.292 e. The first-order valence-electron chi connectivity index (χ1n) is 8.43. The predicted molar refractivity (Wildman–Crippen MR) is 102 cm³/mol. The maximum absolute atomic E-state index is 12.7. The summed E-state index contributed by atoms with van der Waals surface area (Å²) in [6.45, 7) is 7.96. The zero-order valence-electron chi connectivity index (χ0n) is 15.3. The fourth-order valence-electron chi connectivity index (χ4n) is 3.07. The minimum atomic E-state index is -0.450. The molecule has 0 aliphatic rings. The van der Waals surface area contributed by atoms with Gasteiger partial charge in [-0.25, -0.2) is 10.1 Å². The minimum absolute atomic E-state index is 0.182. The molecule has 0 atom stereocenters. The Hall–Kier alpha value is -3.22. The second-order valence-electron chi connectivity index (χ2n) is 6.12. The van der Waals surface area contributed by atoms with Crippen LogP contribution in [0.3, 0.4) is 0 Å². The van der Waals surface area contributed by atoms with Crippen molar-refractivity contribution in [2.45, 2.75) is 34.2 Å². The van der Waals surface area contributed by atoms with Crippen LogP contribution in [0.2, 0.25) is 0 Å². The third-order valence-electron chi connectivity index (χ3n) is 4.34. The molecule has 7 heteroatoms. The molecule has 1 amide bonds. The van der Waals surface area contributed by atoms with Crippen molar-refractivity contribution in [2.75, 3.05) is 0 Å². The highest BCUT2D eigenvalue weighted by Crippen LogP contribution is 2.15. The Morgan fingerprint density at radius 1 is 1.27 bits per heavy atom. The standard InChI is InChI=1S/C19H21N5O2/c1-5-24-19(26)15-9-7-6-8-14(15)17(23-24)18(25)22-21-13(4)16-11(2)10-20-12(16)3/h6-10,20H,5H2,1-4H3,(H,22,25)/b21-13+. The smallest absolute Gasteiger partial charge is 0.292 e. The van der Waals surface area contributed by atoms with Crippen LogP contribution in [0.4, 0.5) is 0 Å². The number of fused-ring (bicyclic) bond motifs is 1. The van der Waals surface area contributed by atoms with E-state index >= 15 is 0 Å². The lowest BCUT2D eigenvalue weighted by atomic mass is 10.1. The lowest BCUT2D eigenvalue weighted by molar-refractivity contribution is 0.0949. The van der Waals surface area contributed by atoms with Gasteiger partial charge in [0.15, 0.2) is 5.69 Å². The van der Waals surface area contributed by atoms with Crippen molar-refractivity contribution >= 4 is 22.4 Å². The molecule has 1 aromatic carbocycles. The largest absolute Gasteiger partial charge is 0.364 e. The highest BCUT2D eigenvalue weighted by atomic mass is 16.2. The number of hydrogen-bond donors (Lipinski definition) is 2. The van der Waals surface area contributed by atoms with Crippen LogP contribution in [-0.4, -0.2) is 26.4 Å². The minimum Gasteiger partial charge on any atom is -0.364 e. The normalized spacial score (nSPS) is 11.8. The molecule has 0 unspecified atom stereocenters. The van der Waals surface area contributed by atoms with Crippen molar-refractivity contribution in [3.05, 3.63) is 63.3 Å². The number of benzene rings is 1. The molecule has 0 saturated heterocycles. The van der Waals surface area contributed by atoms with E-state index in [0.717, 1.165) is 16.8 Å². The third kappa shape index (κ3) is 3.03. The van der Waals surface area contributed by atoms with E-state index in [1.165, 1.54) is 4.68 Å². The Morgan fingerprint density at radius 2 is 1.96 bits per heavy atom. The summed E-state index contributed by atoms with van der Waals surface area (Å²) in [5.41, 5.74) is 6.25. The number of nitrogens with one attached hydrogen (secondary N) is 2. The number of aromatic nitrogens is 3. The highest BCUT2D eigenvalue weighted by Gasteiger charge is 2.16. The Balaban J connectivity index is 2.00.